The molecule has 4 aromatic carbocycles. The molecule has 0 aliphatic rings. The number of anilines is 1. The lowest BCUT2D eigenvalue weighted by molar-refractivity contribution is 0.0729. The van der Waals surface area contributed by atoms with Crippen molar-refractivity contribution in [1.29, 1.82) is 0 Å². The fourth-order valence-electron chi connectivity index (χ4n) is 4.38. The van der Waals surface area contributed by atoms with E-state index in [9.17, 15) is 9.59 Å². The predicted molar refractivity (Wildman–Crippen MR) is 163 cm³/mol. The standard InChI is InChI=1S/C32H27ClN4O4/c1-37(2)22-14-15-26-24(18-22)29(21-9-5-4-6-10-21)30(35-26)31(38)36-34-19-20-13-16-27(28(17-20)40-3)41-32(39)23-11-7-8-12-25(23)33/h4-19,35H,1-3H3,(H,36,38). The van der Waals surface area contributed by atoms with Gasteiger partial charge in [0.1, 0.15) is 5.69 Å². The van der Waals surface area contributed by atoms with E-state index in [1.165, 1.54) is 13.3 Å². The molecule has 1 heterocycles. The molecule has 1 amide bonds. The minimum absolute atomic E-state index is 0.223. The molecule has 2 N–H and O–H groups in total. The van der Waals surface area contributed by atoms with Crippen molar-refractivity contribution < 1.29 is 19.1 Å². The molecule has 0 saturated carbocycles. The van der Waals surface area contributed by atoms with Gasteiger partial charge in [-0.1, -0.05) is 54.1 Å². The van der Waals surface area contributed by atoms with Gasteiger partial charge in [0.25, 0.3) is 5.91 Å². The van der Waals surface area contributed by atoms with Crippen LogP contribution >= 0.6 is 11.6 Å². The SMILES string of the molecule is COc1cc(C=NNC(=O)c2[nH]c3ccc(N(C)C)cc3c2-c2ccccc2)ccc1OC(=O)c1ccccc1Cl. The minimum Gasteiger partial charge on any atom is -0.493 e. The summed E-state index contributed by atoms with van der Waals surface area (Å²) in [5.41, 5.74) is 7.45. The zero-order chi connectivity index (χ0) is 28.9. The first-order valence-corrected chi connectivity index (χ1v) is 13.1. The molecule has 1 aromatic heterocycles. The molecule has 0 unspecified atom stereocenters. The van der Waals surface area contributed by atoms with E-state index in [1.54, 1.807) is 42.5 Å². The van der Waals surface area contributed by atoms with Crippen LogP contribution in [0.4, 0.5) is 5.69 Å². The van der Waals surface area contributed by atoms with Crippen molar-refractivity contribution in [2.24, 2.45) is 5.10 Å². The molecule has 41 heavy (non-hydrogen) atoms. The Hall–Kier alpha value is -5.08. The number of hydrogen-bond acceptors (Lipinski definition) is 6. The molecule has 0 radical (unpaired) electrons. The summed E-state index contributed by atoms with van der Waals surface area (Å²) in [5, 5.41) is 5.39. The Morgan fingerprint density at radius 1 is 0.927 bits per heavy atom. The van der Waals surface area contributed by atoms with Crippen molar-refractivity contribution in [3.05, 3.63) is 113 Å². The predicted octanol–water partition coefficient (Wildman–Crippen LogP) is 6.55. The van der Waals surface area contributed by atoms with Crippen LogP contribution in [0.5, 0.6) is 11.5 Å². The number of nitrogens with zero attached hydrogens (tertiary/aromatic N) is 2. The number of carbonyl (C=O) groups is 2. The van der Waals surface area contributed by atoms with E-state index in [1.807, 2.05) is 61.5 Å². The number of amides is 1. The summed E-state index contributed by atoms with van der Waals surface area (Å²) in [6.45, 7) is 0. The van der Waals surface area contributed by atoms with Gasteiger partial charge in [0, 0.05) is 36.2 Å². The Bertz CT molecular complexity index is 1760. The summed E-state index contributed by atoms with van der Waals surface area (Å²) < 4.78 is 10.9. The molecule has 0 spiro atoms. The quantitative estimate of drug-likeness (QED) is 0.0961. The fraction of sp³-hybridized carbons (Fsp3) is 0.0938. The zero-order valence-corrected chi connectivity index (χ0v) is 23.4. The van der Waals surface area contributed by atoms with Gasteiger partial charge in [0.15, 0.2) is 11.5 Å². The van der Waals surface area contributed by atoms with Gasteiger partial charge in [0.2, 0.25) is 0 Å². The number of rotatable bonds is 8. The second kappa shape index (κ2) is 12.0. The van der Waals surface area contributed by atoms with Crippen molar-refractivity contribution in [2.45, 2.75) is 0 Å². The van der Waals surface area contributed by atoms with Crippen LogP contribution in [0.25, 0.3) is 22.0 Å². The van der Waals surface area contributed by atoms with Crippen LogP contribution in [0, 0.1) is 0 Å². The molecule has 206 valence electrons. The summed E-state index contributed by atoms with van der Waals surface area (Å²) in [4.78, 5) is 31.2. The third kappa shape index (κ3) is 5.92. The zero-order valence-electron chi connectivity index (χ0n) is 22.6. The maximum absolute atomic E-state index is 13.3. The smallest absolute Gasteiger partial charge is 0.345 e. The third-order valence-corrected chi connectivity index (χ3v) is 6.78. The van der Waals surface area contributed by atoms with Crippen LogP contribution in [-0.4, -0.2) is 44.3 Å². The number of H-pyrrole nitrogens is 1. The number of halogens is 1. The number of aromatic nitrogens is 1. The van der Waals surface area contributed by atoms with E-state index in [-0.39, 0.29) is 17.2 Å². The number of carbonyl (C=O) groups excluding carboxylic acids is 2. The lowest BCUT2D eigenvalue weighted by Crippen LogP contribution is -2.18. The Morgan fingerprint density at radius 3 is 2.41 bits per heavy atom. The number of esters is 1. The topological polar surface area (TPSA) is 96.0 Å². The van der Waals surface area contributed by atoms with Crippen molar-refractivity contribution in [1.82, 2.24) is 10.4 Å². The molecule has 9 heteroatoms. The number of ether oxygens (including phenoxy) is 2. The number of hydrazone groups is 1. The van der Waals surface area contributed by atoms with Crippen molar-refractivity contribution in [2.75, 3.05) is 26.1 Å². The monoisotopic (exact) mass is 566 g/mol. The van der Waals surface area contributed by atoms with Gasteiger partial charge >= 0.3 is 5.97 Å². The number of methoxy groups -OCH3 is 1. The summed E-state index contributed by atoms with van der Waals surface area (Å²) >= 11 is 6.11. The van der Waals surface area contributed by atoms with Crippen molar-refractivity contribution >= 4 is 46.3 Å². The van der Waals surface area contributed by atoms with Gasteiger partial charge in [-0.25, -0.2) is 10.2 Å². The van der Waals surface area contributed by atoms with Gasteiger partial charge in [-0.05, 0) is 59.7 Å². The lowest BCUT2D eigenvalue weighted by Gasteiger charge is -2.12. The second-order valence-corrected chi connectivity index (χ2v) is 9.75. The Kier molecular flexibility index (Phi) is 8.03. The molecule has 0 fully saturated rings. The van der Waals surface area contributed by atoms with Crippen LogP contribution in [0.3, 0.4) is 0 Å². The molecular formula is C32H27ClN4O4. The third-order valence-electron chi connectivity index (χ3n) is 6.45. The normalized spacial score (nSPS) is 11.0. The number of hydrogen-bond donors (Lipinski definition) is 2. The highest BCUT2D eigenvalue weighted by molar-refractivity contribution is 6.33. The largest absolute Gasteiger partial charge is 0.493 e. The molecular weight excluding hydrogens is 540 g/mol. The van der Waals surface area contributed by atoms with Crippen LogP contribution in [0.2, 0.25) is 5.02 Å². The van der Waals surface area contributed by atoms with E-state index in [4.69, 9.17) is 21.1 Å². The first-order valence-electron chi connectivity index (χ1n) is 12.7. The average Bonchev–Trinajstić information content (AvgIpc) is 3.37. The molecule has 0 bridgehead atoms. The van der Waals surface area contributed by atoms with Crippen LogP contribution in [-0.2, 0) is 0 Å². The van der Waals surface area contributed by atoms with Gasteiger partial charge in [-0.3, -0.25) is 4.79 Å². The molecule has 5 rings (SSSR count). The van der Waals surface area contributed by atoms with Crippen LogP contribution in [0.15, 0.2) is 96.1 Å². The molecule has 0 aliphatic heterocycles. The highest BCUT2D eigenvalue weighted by atomic mass is 35.5. The molecule has 0 aliphatic carbocycles. The Morgan fingerprint density at radius 2 is 1.68 bits per heavy atom. The second-order valence-electron chi connectivity index (χ2n) is 9.34. The van der Waals surface area contributed by atoms with Crippen molar-refractivity contribution in [3.8, 4) is 22.6 Å². The molecule has 0 atom stereocenters. The van der Waals surface area contributed by atoms with Gasteiger partial charge in [-0.2, -0.15) is 5.10 Å². The molecule has 5 aromatic rings. The maximum Gasteiger partial charge on any atom is 0.345 e. The summed E-state index contributed by atoms with van der Waals surface area (Å²) in [6.07, 6.45) is 1.48. The minimum atomic E-state index is -0.604. The maximum atomic E-state index is 13.3. The first-order chi connectivity index (χ1) is 19.9. The number of fused-ring (bicyclic) bond motifs is 1. The summed E-state index contributed by atoms with van der Waals surface area (Å²) in [5.74, 6) is -0.451. The lowest BCUT2D eigenvalue weighted by atomic mass is 10.0. The van der Waals surface area contributed by atoms with Gasteiger partial charge in [-0.15, -0.1) is 0 Å². The Labute approximate surface area is 242 Å². The van der Waals surface area contributed by atoms with E-state index in [0.29, 0.717) is 22.0 Å². The number of benzene rings is 4. The Balaban J connectivity index is 1.37. The van der Waals surface area contributed by atoms with Gasteiger partial charge < -0.3 is 19.4 Å². The van der Waals surface area contributed by atoms with E-state index in [2.05, 4.69) is 21.6 Å². The average molecular weight is 567 g/mol. The van der Waals surface area contributed by atoms with E-state index < -0.39 is 5.97 Å². The van der Waals surface area contributed by atoms with E-state index in [0.717, 1.165) is 27.7 Å². The summed E-state index contributed by atoms with van der Waals surface area (Å²) in [6, 6.07) is 27.3. The highest BCUT2D eigenvalue weighted by Crippen LogP contribution is 2.35. The van der Waals surface area contributed by atoms with Crippen molar-refractivity contribution in [3.63, 3.8) is 0 Å². The highest BCUT2D eigenvalue weighted by Gasteiger charge is 2.20. The number of aromatic amines is 1. The fourth-order valence-corrected chi connectivity index (χ4v) is 4.60. The molecule has 8 nitrogen and oxygen atoms in total. The van der Waals surface area contributed by atoms with Crippen LogP contribution < -0.4 is 19.8 Å². The van der Waals surface area contributed by atoms with Crippen LogP contribution in [0.1, 0.15) is 26.4 Å². The number of nitrogens with one attached hydrogen (secondary N) is 2. The van der Waals surface area contributed by atoms with E-state index >= 15 is 0 Å². The molecule has 0 saturated heterocycles. The van der Waals surface area contributed by atoms with Gasteiger partial charge in [0.05, 0.1) is 23.9 Å². The first kappa shape index (κ1) is 27.5. The summed E-state index contributed by atoms with van der Waals surface area (Å²) in [7, 11) is 5.42.